The molecule has 370 valence electrons. The van der Waals surface area contributed by atoms with Crippen molar-refractivity contribution in [3.8, 4) is 0 Å². The predicted molar refractivity (Wildman–Crippen MR) is 259 cm³/mol. The van der Waals surface area contributed by atoms with Crippen molar-refractivity contribution in [1.82, 2.24) is 5.32 Å². The van der Waals surface area contributed by atoms with Crippen molar-refractivity contribution in [2.24, 2.45) is 0 Å². The molecule has 7 N–H and O–H groups in total. The van der Waals surface area contributed by atoms with Gasteiger partial charge in [0.15, 0.2) is 6.29 Å². The molecule has 0 aromatic carbocycles. The summed E-state index contributed by atoms with van der Waals surface area (Å²) in [6.45, 7) is 8.68. The average molecular weight is 902 g/mol. The van der Waals surface area contributed by atoms with E-state index >= 15 is 0 Å². The molecule has 0 aliphatic carbocycles. The molecule has 0 aromatic rings. The average Bonchev–Trinajstić information content (AvgIpc) is 3.25. The smallest absolute Gasteiger partial charge is 0.220 e. The Hall–Kier alpha value is -0.633. The highest BCUT2D eigenvalue weighted by molar-refractivity contribution is 6.77. The molecule has 1 fully saturated rings. The minimum Gasteiger partial charge on any atom is -0.394 e. The Balaban J connectivity index is 2.36. The monoisotopic (exact) mass is 902 g/mol. The first-order valence-corrected chi connectivity index (χ1v) is 30.0. The molecular formula is C51H103NO9Si. The highest BCUT2D eigenvalue weighted by atomic mass is 28.3. The Morgan fingerprint density at radius 3 is 1.37 bits per heavy atom. The Labute approximate surface area is 382 Å². The van der Waals surface area contributed by atoms with E-state index in [1.54, 1.807) is 0 Å². The van der Waals surface area contributed by atoms with Gasteiger partial charge in [-0.3, -0.25) is 4.79 Å². The van der Waals surface area contributed by atoms with Crippen molar-refractivity contribution in [3.63, 3.8) is 0 Å². The van der Waals surface area contributed by atoms with Crippen LogP contribution in [0.3, 0.4) is 0 Å². The Morgan fingerprint density at radius 2 is 0.952 bits per heavy atom. The minimum atomic E-state index is -1.60. The van der Waals surface area contributed by atoms with Gasteiger partial charge in [-0.1, -0.05) is 238 Å². The molecule has 62 heavy (non-hydrogen) atoms. The van der Waals surface area contributed by atoms with Crippen LogP contribution in [0.5, 0.6) is 0 Å². The van der Waals surface area contributed by atoms with Crippen molar-refractivity contribution < 1.29 is 44.9 Å². The Kier molecular flexibility index (Phi) is 37.9. The third-order valence-corrected chi connectivity index (χ3v) is 16.9. The van der Waals surface area contributed by atoms with Crippen LogP contribution in [0.1, 0.15) is 232 Å². The molecular weight excluding hydrogens is 799 g/mol. The molecule has 1 aliphatic heterocycles. The van der Waals surface area contributed by atoms with Gasteiger partial charge < -0.3 is 45.4 Å². The quantitative estimate of drug-likeness (QED) is 0.0232. The largest absolute Gasteiger partial charge is 0.394 e. The van der Waals surface area contributed by atoms with E-state index in [4.69, 9.17) is 9.47 Å². The van der Waals surface area contributed by atoms with Crippen molar-refractivity contribution in [2.45, 2.75) is 306 Å². The maximum absolute atomic E-state index is 13.1. The van der Waals surface area contributed by atoms with Crippen molar-refractivity contribution in [3.05, 3.63) is 0 Å². The lowest BCUT2D eigenvalue weighted by molar-refractivity contribution is -0.303. The summed E-state index contributed by atoms with van der Waals surface area (Å²) in [5.74, 6) is -0.248. The van der Waals surface area contributed by atoms with Crippen LogP contribution in [0.15, 0.2) is 0 Å². The molecule has 0 saturated carbocycles. The second kappa shape index (κ2) is 39.5. The van der Waals surface area contributed by atoms with Gasteiger partial charge in [-0.25, -0.2) is 0 Å². The molecule has 0 radical (unpaired) electrons. The van der Waals surface area contributed by atoms with Gasteiger partial charge in [0.05, 0.1) is 25.4 Å². The number of ether oxygens (including phenoxy) is 2. The molecule has 0 bridgehead atoms. The molecule has 1 aliphatic rings. The number of aliphatic hydroxyl groups excluding tert-OH is 6. The first-order chi connectivity index (χ1) is 30.0. The lowest BCUT2D eigenvalue weighted by Gasteiger charge is -2.40. The highest BCUT2D eigenvalue weighted by Gasteiger charge is 2.44. The van der Waals surface area contributed by atoms with Crippen LogP contribution < -0.4 is 5.32 Å². The van der Waals surface area contributed by atoms with Gasteiger partial charge in [0, 0.05) is 14.5 Å². The number of hydrogen-bond donors (Lipinski definition) is 7. The molecule has 0 aromatic heterocycles. The van der Waals surface area contributed by atoms with Gasteiger partial charge in [-0.05, 0) is 12.8 Å². The number of carbonyl (C=O) groups is 1. The lowest BCUT2D eigenvalue weighted by atomic mass is 9.98. The topological polar surface area (TPSA) is 169 Å². The number of nitrogens with one attached hydrogen (secondary N) is 1. The molecule has 5 unspecified atom stereocenters. The zero-order valence-corrected chi connectivity index (χ0v) is 41.9. The van der Waals surface area contributed by atoms with Crippen LogP contribution >= 0.6 is 0 Å². The number of amides is 1. The summed E-state index contributed by atoms with van der Waals surface area (Å²) in [6.07, 6.45) is 31.7. The zero-order chi connectivity index (χ0) is 45.7. The molecule has 1 heterocycles. The standard InChI is InChI=1S/C51H103NO9Si/c1-5-7-9-11-13-15-17-19-20-21-22-24-26-28-31-35-39-62(3,4)40-36-32-30-34-38-46(55)52-43(42-60-51-50(59)49(58)48(57)45(41-53)61-51)47(56)44(54)37-33-29-27-25-23-18-16-14-12-10-8-6-2/h43-45,47-51,53-54,56-59H,5-42H2,1-4H3,(H,52,55)/t43-,44+,45?,47-,48?,49?,50?,51?/m0/s1. The minimum absolute atomic E-state index is 0.248. The van der Waals surface area contributed by atoms with E-state index < -0.39 is 63.6 Å². The maximum Gasteiger partial charge on any atom is 0.220 e. The van der Waals surface area contributed by atoms with Gasteiger partial charge in [0.2, 0.25) is 5.91 Å². The summed E-state index contributed by atoms with van der Waals surface area (Å²) in [7, 11) is -1.22. The zero-order valence-electron chi connectivity index (χ0n) is 40.9. The van der Waals surface area contributed by atoms with Crippen LogP contribution in [-0.2, 0) is 14.3 Å². The number of aliphatic hydroxyl groups is 6. The van der Waals surface area contributed by atoms with Gasteiger partial charge in [-0.2, -0.15) is 0 Å². The van der Waals surface area contributed by atoms with Crippen LogP contribution in [0.2, 0.25) is 25.2 Å². The van der Waals surface area contributed by atoms with Gasteiger partial charge in [0.1, 0.15) is 30.5 Å². The molecule has 8 atom stereocenters. The fourth-order valence-electron chi connectivity index (χ4n) is 9.06. The van der Waals surface area contributed by atoms with E-state index in [-0.39, 0.29) is 18.9 Å². The fourth-order valence-corrected chi connectivity index (χ4v) is 11.7. The fraction of sp³-hybridized carbons (Fsp3) is 0.980. The first-order valence-electron chi connectivity index (χ1n) is 26.5. The summed E-state index contributed by atoms with van der Waals surface area (Å²) in [6, 6.07) is 1.73. The summed E-state index contributed by atoms with van der Waals surface area (Å²) in [4.78, 5) is 13.1. The van der Waals surface area contributed by atoms with Gasteiger partial charge in [0.25, 0.3) is 0 Å². The van der Waals surface area contributed by atoms with E-state index in [1.807, 2.05) is 0 Å². The second-order valence-corrected chi connectivity index (χ2v) is 25.4. The Morgan fingerprint density at radius 1 is 0.565 bits per heavy atom. The van der Waals surface area contributed by atoms with Gasteiger partial charge in [-0.15, -0.1) is 0 Å². The summed E-state index contributed by atoms with van der Waals surface area (Å²) in [5, 5.41) is 65.5. The van der Waals surface area contributed by atoms with Crippen molar-refractivity contribution in [1.29, 1.82) is 0 Å². The molecule has 0 spiro atoms. The van der Waals surface area contributed by atoms with Crippen molar-refractivity contribution >= 4 is 14.0 Å². The SMILES string of the molecule is CCCCCCCCCCCCCCCCCC[Si](C)(C)CCCCCCC(=O)N[C@@H](COC1OC(CO)C(O)C(O)C1O)[C@H](O)[C@H](O)CCCCCCCCCCCCCC. The van der Waals surface area contributed by atoms with Gasteiger partial charge >= 0.3 is 0 Å². The van der Waals surface area contributed by atoms with Crippen LogP contribution in [0.4, 0.5) is 0 Å². The van der Waals surface area contributed by atoms with E-state index in [1.165, 1.54) is 179 Å². The van der Waals surface area contributed by atoms with Crippen LogP contribution in [-0.4, -0.2) is 107 Å². The van der Waals surface area contributed by atoms with Crippen molar-refractivity contribution in [2.75, 3.05) is 13.2 Å². The molecule has 10 nitrogen and oxygen atoms in total. The second-order valence-electron chi connectivity index (χ2n) is 20.1. The highest BCUT2D eigenvalue weighted by Crippen LogP contribution is 2.25. The van der Waals surface area contributed by atoms with E-state index in [0.29, 0.717) is 6.42 Å². The van der Waals surface area contributed by atoms with Crippen LogP contribution in [0.25, 0.3) is 0 Å². The number of unbranched alkanes of at least 4 members (excludes halogenated alkanes) is 29. The number of carbonyl (C=O) groups excluding carboxylic acids is 1. The predicted octanol–water partition coefficient (Wildman–Crippen LogP) is 11.0. The summed E-state index contributed by atoms with van der Waals surface area (Å²) >= 11 is 0. The summed E-state index contributed by atoms with van der Waals surface area (Å²) in [5.41, 5.74) is 0. The molecule has 1 amide bonds. The maximum atomic E-state index is 13.1. The molecule has 1 rings (SSSR count). The molecule has 11 heteroatoms. The third kappa shape index (κ3) is 30.5. The normalized spacial score (nSPS) is 21.0. The Bertz CT molecular complexity index is 1010. The number of hydrogen-bond acceptors (Lipinski definition) is 9. The summed E-state index contributed by atoms with van der Waals surface area (Å²) < 4.78 is 11.2. The van der Waals surface area contributed by atoms with E-state index in [0.717, 1.165) is 38.5 Å². The third-order valence-electron chi connectivity index (χ3n) is 13.5. The lowest BCUT2D eigenvalue weighted by Crippen LogP contribution is -2.60. The van der Waals surface area contributed by atoms with E-state index in [9.17, 15) is 35.4 Å². The first kappa shape index (κ1) is 59.4. The molecule has 1 saturated heterocycles. The number of rotatable bonds is 44. The van der Waals surface area contributed by atoms with Crippen LogP contribution in [0, 0.1) is 0 Å². The van der Waals surface area contributed by atoms with E-state index in [2.05, 4.69) is 32.3 Å².